The Balaban J connectivity index is 1.51. The van der Waals surface area contributed by atoms with Crippen LogP contribution in [0.2, 0.25) is 0 Å². The number of hydrogen-bond donors (Lipinski definition) is 0. The predicted molar refractivity (Wildman–Crippen MR) is 117 cm³/mol. The first-order valence-electron chi connectivity index (χ1n) is 10.2. The van der Waals surface area contributed by atoms with Crippen molar-refractivity contribution in [1.29, 1.82) is 0 Å². The number of carbonyl (C=O) groups excluding carboxylic acids is 1. The van der Waals surface area contributed by atoms with Crippen molar-refractivity contribution in [1.82, 2.24) is 19.7 Å². The highest BCUT2D eigenvalue weighted by atomic mass is 32.2. The van der Waals surface area contributed by atoms with E-state index in [1.165, 1.54) is 23.7 Å². The van der Waals surface area contributed by atoms with Crippen molar-refractivity contribution in [3.8, 4) is 5.69 Å². The molecule has 2 heterocycles. The lowest BCUT2D eigenvalue weighted by Crippen LogP contribution is -2.32. The van der Waals surface area contributed by atoms with Gasteiger partial charge in [0.15, 0.2) is 5.16 Å². The monoisotopic (exact) mass is 422 g/mol. The van der Waals surface area contributed by atoms with Crippen LogP contribution < -0.4 is 0 Å². The van der Waals surface area contributed by atoms with Crippen LogP contribution in [0.5, 0.6) is 0 Å². The van der Waals surface area contributed by atoms with E-state index < -0.39 is 0 Å². The molecule has 0 N–H and O–H groups in total. The van der Waals surface area contributed by atoms with Crippen LogP contribution in [-0.4, -0.2) is 31.3 Å². The summed E-state index contributed by atoms with van der Waals surface area (Å²) < 4.78 is 7.46. The van der Waals surface area contributed by atoms with E-state index in [1.807, 2.05) is 21.6 Å². The second-order valence-electron chi connectivity index (χ2n) is 7.56. The van der Waals surface area contributed by atoms with Gasteiger partial charge in [0.2, 0.25) is 5.91 Å². The molecule has 0 saturated carbocycles. The molecule has 156 valence electrons. The molecule has 2 aromatic heterocycles. The zero-order valence-electron chi connectivity index (χ0n) is 17.4. The second kappa shape index (κ2) is 9.34. The summed E-state index contributed by atoms with van der Waals surface area (Å²) in [7, 11) is 0. The molecule has 1 aliphatic carbocycles. The number of allylic oxidation sites excluding steroid dienone is 2. The van der Waals surface area contributed by atoms with Crippen LogP contribution in [0.1, 0.15) is 42.6 Å². The number of hydrogen-bond acceptors (Lipinski definition) is 5. The van der Waals surface area contributed by atoms with Gasteiger partial charge >= 0.3 is 0 Å². The summed E-state index contributed by atoms with van der Waals surface area (Å²) in [5.41, 5.74) is 4.45. The first kappa shape index (κ1) is 20.5. The summed E-state index contributed by atoms with van der Waals surface area (Å²) in [4.78, 5) is 15.1. The molecule has 0 radical (unpaired) electrons. The van der Waals surface area contributed by atoms with Gasteiger partial charge in [-0.25, -0.2) is 0 Å². The zero-order chi connectivity index (χ0) is 20.9. The quantitative estimate of drug-likeness (QED) is 0.498. The Morgan fingerprint density at radius 2 is 2.17 bits per heavy atom. The summed E-state index contributed by atoms with van der Waals surface area (Å²) in [6.45, 7) is 4.59. The number of aryl methyl sites for hydroxylation is 2. The minimum Gasteiger partial charge on any atom is -0.467 e. The number of furan rings is 1. The Hall–Kier alpha value is -2.80. The zero-order valence-corrected chi connectivity index (χ0v) is 18.2. The maximum atomic E-state index is 13.2. The molecule has 30 heavy (non-hydrogen) atoms. The van der Waals surface area contributed by atoms with Crippen LogP contribution >= 0.6 is 11.8 Å². The van der Waals surface area contributed by atoms with Gasteiger partial charge < -0.3 is 9.32 Å². The number of benzene rings is 1. The Morgan fingerprint density at radius 3 is 2.93 bits per heavy atom. The molecular formula is C23H26N4O2S. The Bertz CT molecular complexity index is 1040. The molecule has 4 rings (SSSR count). The third-order valence-electron chi connectivity index (χ3n) is 5.27. The molecule has 0 atom stereocenters. The van der Waals surface area contributed by atoms with Gasteiger partial charge in [-0.15, -0.1) is 10.2 Å². The largest absolute Gasteiger partial charge is 0.467 e. The smallest absolute Gasteiger partial charge is 0.237 e. The molecule has 0 spiro atoms. The SMILES string of the molecule is Cc1ccc(C)c(-n2cnnc2SCC(=O)N(Cc2ccco2)C2=CCCCC2)c1. The van der Waals surface area contributed by atoms with E-state index in [4.69, 9.17) is 4.42 Å². The number of aromatic nitrogens is 3. The van der Waals surface area contributed by atoms with Gasteiger partial charge in [-0.3, -0.25) is 9.36 Å². The van der Waals surface area contributed by atoms with Crippen molar-refractivity contribution in [2.75, 3.05) is 5.75 Å². The van der Waals surface area contributed by atoms with E-state index in [0.717, 1.165) is 42.0 Å². The predicted octanol–water partition coefficient (Wildman–Crippen LogP) is 5.06. The molecule has 0 bridgehead atoms. The summed E-state index contributed by atoms with van der Waals surface area (Å²) in [5.74, 6) is 1.14. The van der Waals surface area contributed by atoms with E-state index in [0.29, 0.717) is 17.5 Å². The van der Waals surface area contributed by atoms with Crippen molar-refractivity contribution in [3.63, 3.8) is 0 Å². The van der Waals surface area contributed by atoms with Crippen molar-refractivity contribution in [2.24, 2.45) is 0 Å². The number of rotatable bonds is 7. The number of thioether (sulfide) groups is 1. The molecule has 1 amide bonds. The lowest BCUT2D eigenvalue weighted by Gasteiger charge is -2.27. The standard InChI is InChI=1S/C23H26N4O2S/c1-17-10-11-18(2)21(13-17)27-16-24-25-23(27)30-15-22(28)26(14-20-9-6-12-29-20)19-7-4-3-5-8-19/h6-7,9-13,16H,3-5,8,14-15H2,1-2H3. The number of amides is 1. The first-order chi connectivity index (χ1) is 14.6. The maximum Gasteiger partial charge on any atom is 0.237 e. The fourth-order valence-corrected chi connectivity index (χ4v) is 4.44. The molecule has 0 saturated heterocycles. The topological polar surface area (TPSA) is 64.2 Å². The highest BCUT2D eigenvalue weighted by Gasteiger charge is 2.22. The minimum atomic E-state index is 0.0556. The van der Waals surface area contributed by atoms with Gasteiger partial charge in [-0.2, -0.15) is 0 Å². The van der Waals surface area contributed by atoms with Crippen LogP contribution in [0, 0.1) is 13.8 Å². The third kappa shape index (κ3) is 4.67. The lowest BCUT2D eigenvalue weighted by atomic mass is 10.0. The van der Waals surface area contributed by atoms with Crippen molar-refractivity contribution in [2.45, 2.75) is 51.2 Å². The van der Waals surface area contributed by atoms with Crippen molar-refractivity contribution in [3.05, 3.63) is 71.6 Å². The average Bonchev–Trinajstić information content (AvgIpc) is 3.44. The fourth-order valence-electron chi connectivity index (χ4n) is 3.65. The first-order valence-corrected chi connectivity index (χ1v) is 11.2. The summed E-state index contributed by atoms with van der Waals surface area (Å²) in [6.07, 6.45) is 9.78. The molecule has 1 aromatic carbocycles. The van der Waals surface area contributed by atoms with Crippen LogP contribution in [0.4, 0.5) is 0 Å². The Kier molecular flexibility index (Phi) is 6.38. The molecule has 0 unspecified atom stereocenters. The van der Waals surface area contributed by atoms with E-state index >= 15 is 0 Å². The summed E-state index contributed by atoms with van der Waals surface area (Å²) >= 11 is 1.42. The highest BCUT2D eigenvalue weighted by molar-refractivity contribution is 7.99. The molecule has 3 aromatic rings. The van der Waals surface area contributed by atoms with E-state index in [-0.39, 0.29) is 5.91 Å². The number of carbonyl (C=O) groups is 1. The second-order valence-corrected chi connectivity index (χ2v) is 8.51. The Morgan fingerprint density at radius 1 is 1.27 bits per heavy atom. The van der Waals surface area contributed by atoms with Gasteiger partial charge in [0.1, 0.15) is 12.1 Å². The Labute approximate surface area is 181 Å². The van der Waals surface area contributed by atoms with Crippen LogP contribution in [0.15, 0.2) is 64.3 Å². The molecular weight excluding hydrogens is 396 g/mol. The van der Waals surface area contributed by atoms with Gasteiger partial charge in [-0.05, 0) is 68.9 Å². The van der Waals surface area contributed by atoms with Gasteiger partial charge in [0, 0.05) is 5.70 Å². The third-order valence-corrected chi connectivity index (χ3v) is 6.20. The van der Waals surface area contributed by atoms with Crippen LogP contribution in [0.25, 0.3) is 5.69 Å². The summed E-state index contributed by atoms with van der Waals surface area (Å²) in [5, 5.41) is 9.05. The molecule has 0 fully saturated rings. The normalized spacial score (nSPS) is 13.9. The van der Waals surface area contributed by atoms with E-state index in [2.05, 4.69) is 48.3 Å². The fraction of sp³-hybridized carbons (Fsp3) is 0.348. The van der Waals surface area contributed by atoms with Gasteiger partial charge in [-0.1, -0.05) is 30.0 Å². The summed E-state index contributed by atoms with van der Waals surface area (Å²) in [6, 6.07) is 10.1. The van der Waals surface area contributed by atoms with Gasteiger partial charge in [0.05, 0.1) is 24.2 Å². The average molecular weight is 423 g/mol. The minimum absolute atomic E-state index is 0.0556. The van der Waals surface area contributed by atoms with E-state index in [9.17, 15) is 4.79 Å². The van der Waals surface area contributed by atoms with Crippen molar-refractivity contribution < 1.29 is 9.21 Å². The highest BCUT2D eigenvalue weighted by Crippen LogP contribution is 2.26. The van der Waals surface area contributed by atoms with Gasteiger partial charge in [0.25, 0.3) is 0 Å². The number of nitrogens with zero attached hydrogens (tertiary/aromatic N) is 4. The molecule has 0 aliphatic heterocycles. The molecule has 1 aliphatic rings. The lowest BCUT2D eigenvalue weighted by molar-refractivity contribution is -0.127. The molecule has 7 heteroatoms. The van der Waals surface area contributed by atoms with E-state index in [1.54, 1.807) is 12.6 Å². The maximum absolute atomic E-state index is 13.2. The van der Waals surface area contributed by atoms with Crippen LogP contribution in [0.3, 0.4) is 0 Å². The van der Waals surface area contributed by atoms with Crippen molar-refractivity contribution >= 4 is 17.7 Å². The van der Waals surface area contributed by atoms with Crippen LogP contribution in [-0.2, 0) is 11.3 Å². The molecule has 6 nitrogen and oxygen atoms in total.